The van der Waals surface area contributed by atoms with Gasteiger partial charge in [0.2, 0.25) is 0 Å². The van der Waals surface area contributed by atoms with E-state index in [2.05, 4.69) is 20.4 Å². The summed E-state index contributed by atoms with van der Waals surface area (Å²) in [6.07, 6.45) is 2.48. The average molecular weight is 180 g/mol. The lowest BCUT2D eigenvalue weighted by Crippen LogP contribution is -2.37. The largest absolute Gasteiger partial charge is 0.512 e. The number of Topliss-reactive ketones (excluding diaryl/α,β-unsaturated/α-hetero) is 1. The van der Waals surface area contributed by atoms with Crippen LogP contribution in [0.5, 0.6) is 0 Å². The van der Waals surface area contributed by atoms with E-state index in [-0.39, 0.29) is 17.0 Å². The molecular weight excluding hydrogens is 164 g/mol. The molecule has 0 spiro atoms. The molecule has 2 fully saturated rings. The second kappa shape index (κ2) is 2.17. The van der Waals surface area contributed by atoms with Gasteiger partial charge in [0.1, 0.15) is 5.78 Å². The van der Waals surface area contributed by atoms with Crippen LogP contribution in [0.15, 0.2) is 12.3 Å². The predicted molar refractivity (Wildman–Crippen MR) is 50.3 cm³/mol. The molecule has 0 aromatic rings. The molecule has 0 saturated heterocycles. The summed E-state index contributed by atoms with van der Waals surface area (Å²) < 4.78 is 0. The van der Waals surface area contributed by atoms with Gasteiger partial charge in [-0.15, -0.1) is 0 Å². The van der Waals surface area contributed by atoms with Crippen LogP contribution in [0.3, 0.4) is 0 Å². The fourth-order valence-electron chi connectivity index (χ4n) is 3.35. The second-order valence-electron chi connectivity index (χ2n) is 4.94. The highest BCUT2D eigenvalue weighted by Crippen LogP contribution is 2.66. The van der Waals surface area contributed by atoms with Crippen LogP contribution in [0, 0.1) is 16.7 Å². The molecule has 0 aromatic heterocycles. The molecule has 2 aliphatic carbocycles. The molecule has 0 aromatic carbocycles. The van der Waals surface area contributed by atoms with Gasteiger partial charge in [0.05, 0.1) is 11.2 Å². The first-order chi connectivity index (χ1) is 5.93. The maximum atomic E-state index is 11.8. The van der Waals surface area contributed by atoms with Crippen LogP contribution >= 0.6 is 0 Å². The number of fused-ring (bicyclic) bond motifs is 2. The van der Waals surface area contributed by atoms with E-state index in [1.807, 2.05) is 0 Å². The van der Waals surface area contributed by atoms with E-state index in [9.17, 15) is 9.90 Å². The van der Waals surface area contributed by atoms with Crippen LogP contribution in [0.2, 0.25) is 0 Å². The van der Waals surface area contributed by atoms with Gasteiger partial charge in [-0.1, -0.05) is 20.4 Å². The van der Waals surface area contributed by atoms with Crippen LogP contribution in [-0.2, 0) is 4.79 Å². The fraction of sp³-hybridized carbons (Fsp3) is 0.727. The monoisotopic (exact) mass is 180 g/mol. The SMILES string of the molecule is C=C(O)C12CCC(CC1=O)C2(C)C. The molecule has 13 heavy (non-hydrogen) atoms. The Balaban J connectivity index is 2.55. The Hall–Kier alpha value is -0.790. The lowest BCUT2D eigenvalue weighted by atomic mass is 9.68. The predicted octanol–water partition coefficient (Wildman–Crippen LogP) is 2.45. The smallest absolute Gasteiger partial charge is 0.147 e. The first-order valence-electron chi connectivity index (χ1n) is 4.84. The number of aliphatic hydroxyl groups is 1. The highest BCUT2D eigenvalue weighted by Gasteiger charge is 2.65. The van der Waals surface area contributed by atoms with Crippen molar-refractivity contribution in [2.45, 2.75) is 33.1 Å². The minimum atomic E-state index is -0.613. The first kappa shape index (κ1) is 8.79. The highest BCUT2D eigenvalue weighted by atomic mass is 16.3. The minimum absolute atomic E-state index is 0.0856. The zero-order chi connectivity index (χ0) is 9.85. The van der Waals surface area contributed by atoms with Gasteiger partial charge in [0, 0.05) is 6.42 Å². The van der Waals surface area contributed by atoms with Crippen LogP contribution in [0.25, 0.3) is 0 Å². The maximum Gasteiger partial charge on any atom is 0.147 e. The standard InChI is InChI=1S/C11H16O2/c1-7(12)11-5-4-8(6-9(11)13)10(11,2)3/h8,12H,1,4-6H2,2-3H3. The molecule has 0 heterocycles. The molecule has 2 unspecified atom stereocenters. The summed E-state index contributed by atoms with van der Waals surface area (Å²) in [7, 11) is 0. The normalized spacial score (nSPS) is 41.1. The zero-order valence-corrected chi connectivity index (χ0v) is 8.26. The molecule has 72 valence electrons. The van der Waals surface area contributed by atoms with E-state index in [4.69, 9.17) is 0 Å². The van der Waals surface area contributed by atoms with Crippen molar-refractivity contribution in [3.8, 4) is 0 Å². The van der Waals surface area contributed by atoms with E-state index < -0.39 is 5.41 Å². The van der Waals surface area contributed by atoms with Crippen molar-refractivity contribution in [2.75, 3.05) is 0 Å². The van der Waals surface area contributed by atoms with Gasteiger partial charge in [-0.05, 0) is 24.2 Å². The maximum absolute atomic E-state index is 11.8. The third kappa shape index (κ3) is 0.725. The van der Waals surface area contributed by atoms with Gasteiger partial charge >= 0.3 is 0 Å². The number of hydrogen-bond acceptors (Lipinski definition) is 2. The van der Waals surface area contributed by atoms with E-state index in [1.165, 1.54) is 0 Å². The molecule has 2 rings (SSSR count). The summed E-state index contributed by atoms with van der Waals surface area (Å²) in [6.45, 7) is 7.75. The molecule has 2 bridgehead atoms. The summed E-state index contributed by atoms with van der Waals surface area (Å²) in [4.78, 5) is 11.8. The summed E-state index contributed by atoms with van der Waals surface area (Å²) in [6, 6.07) is 0. The topological polar surface area (TPSA) is 37.3 Å². The number of aliphatic hydroxyl groups excluding tert-OH is 1. The van der Waals surface area contributed by atoms with Gasteiger partial charge in [0.15, 0.2) is 0 Å². The van der Waals surface area contributed by atoms with Crippen molar-refractivity contribution in [2.24, 2.45) is 16.7 Å². The Morgan fingerprint density at radius 1 is 1.62 bits per heavy atom. The molecule has 2 saturated carbocycles. The number of rotatable bonds is 1. The Bertz CT molecular complexity index is 290. The van der Waals surface area contributed by atoms with Crippen molar-refractivity contribution >= 4 is 5.78 Å². The molecular formula is C11H16O2. The van der Waals surface area contributed by atoms with E-state index in [0.717, 1.165) is 12.8 Å². The van der Waals surface area contributed by atoms with Gasteiger partial charge < -0.3 is 5.11 Å². The number of allylic oxidation sites excluding steroid dienone is 1. The number of carbonyl (C=O) groups excluding carboxylic acids is 1. The Labute approximate surface area is 78.6 Å². The molecule has 0 aliphatic heterocycles. The molecule has 2 atom stereocenters. The summed E-state index contributed by atoms with van der Waals surface area (Å²) in [5.74, 6) is 0.729. The quantitative estimate of drug-likeness (QED) is 0.629. The lowest BCUT2D eigenvalue weighted by molar-refractivity contribution is -0.128. The van der Waals surface area contributed by atoms with Crippen molar-refractivity contribution in [1.82, 2.24) is 0 Å². The Kier molecular flexibility index (Phi) is 1.47. The van der Waals surface area contributed by atoms with Crippen molar-refractivity contribution in [3.05, 3.63) is 12.3 Å². The Morgan fingerprint density at radius 3 is 2.46 bits per heavy atom. The minimum Gasteiger partial charge on any atom is -0.512 e. The van der Waals surface area contributed by atoms with Crippen molar-refractivity contribution in [1.29, 1.82) is 0 Å². The molecule has 2 heteroatoms. The molecule has 0 amide bonds. The molecule has 1 N–H and O–H groups in total. The van der Waals surface area contributed by atoms with Crippen LogP contribution in [0.1, 0.15) is 33.1 Å². The molecule has 2 aliphatic rings. The van der Waals surface area contributed by atoms with Crippen LogP contribution < -0.4 is 0 Å². The third-order valence-electron chi connectivity index (χ3n) is 4.39. The summed E-state index contributed by atoms with van der Waals surface area (Å²) >= 11 is 0. The number of hydrogen-bond donors (Lipinski definition) is 1. The number of ketones is 1. The lowest BCUT2D eigenvalue weighted by Gasteiger charge is -2.35. The molecule has 2 nitrogen and oxygen atoms in total. The summed E-state index contributed by atoms with van der Waals surface area (Å²) in [5.41, 5.74) is -0.701. The number of carbonyl (C=O) groups is 1. The van der Waals surface area contributed by atoms with Gasteiger partial charge in [0.25, 0.3) is 0 Å². The van der Waals surface area contributed by atoms with Crippen molar-refractivity contribution in [3.63, 3.8) is 0 Å². The Morgan fingerprint density at radius 2 is 2.23 bits per heavy atom. The van der Waals surface area contributed by atoms with Gasteiger partial charge in [-0.3, -0.25) is 4.79 Å². The van der Waals surface area contributed by atoms with Crippen molar-refractivity contribution < 1.29 is 9.90 Å². The van der Waals surface area contributed by atoms with E-state index in [1.54, 1.807) is 0 Å². The third-order valence-corrected chi connectivity index (χ3v) is 4.39. The van der Waals surface area contributed by atoms with Crippen LogP contribution in [0.4, 0.5) is 0 Å². The van der Waals surface area contributed by atoms with Gasteiger partial charge in [-0.2, -0.15) is 0 Å². The van der Waals surface area contributed by atoms with Crippen LogP contribution in [-0.4, -0.2) is 10.9 Å². The highest BCUT2D eigenvalue weighted by molar-refractivity contribution is 5.92. The van der Waals surface area contributed by atoms with Gasteiger partial charge in [-0.25, -0.2) is 0 Å². The molecule has 0 radical (unpaired) electrons. The first-order valence-corrected chi connectivity index (χ1v) is 4.84. The summed E-state index contributed by atoms with van der Waals surface area (Å²) in [5, 5.41) is 9.62. The fourth-order valence-corrected chi connectivity index (χ4v) is 3.35. The zero-order valence-electron chi connectivity index (χ0n) is 8.26. The average Bonchev–Trinajstić information content (AvgIpc) is 2.35. The van der Waals surface area contributed by atoms with E-state index >= 15 is 0 Å². The van der Waals surface area contributed by atoms with E-state index in [0.29, 0.717) is 12.3 Å². The second-order valence-corrected chi connectivity index (χ2v) is 4.94.